The number of anilines is 1. The Morgan fingerprint density at radius 2 is 1.90 bits per heavy atom. The SMILES string of the molecule is COc1ccc(OC)c(NC(=O)CN2CCC(c3c(C)[nH]c4ccccc34)CC2)c1. The summed E-state index contributed by atoms with van der Waals surface area (Å²) in [6.45, 7) is 4.36. The number of nitrogens with zero attached hydrogens (tertiary/aromatic N) is 1. The summed E-state index contributed by atoms with van der Waals surface area (Å²) in [7, 11) is 3.20. The van der Waals surface area contributed by atoms with Gasteiger partial charge < -0.3 is 19.8 Å². The van der Waals surface area contributed by atoms with Crippen LogP contribution in [0.5, 0.6) is 11.5 Å². The average molecular weight is 408 g/mol. The van der Waals surface area contributed by atoms with Crippen molar-refractivity contribution in [3.05, 3.63) is 53.7 Å². The standard InChI is InChI=1S/C24H29N3O3/c1-16-24(19-6-4-5-7-20(19)25-16)17-10-12-27(13-11-17)15-23(28)26-21-14-18(29-2)8-9-22(21)30-3/h4-9,14,17,25H,10-13,15H2,1-3H3,(H,26,28). The Labute approximate surface area is 177 Å². The average Bonchev–Trinajstić information content (AvgIpc) is 3.10. The van der Waals surface area contributed by atoms with Crippen LogP contribution in [-0.2, 0) is 4.79 Å². The van der Waals surface area contributed by atoms with E-state index in [0.717, 1.165) is 25.9 Å². The minimum atomic E-state index is -0.0386. The number of hydrogen-bond donors (Lipinski definition) is 2. The lowest BCUT2D eigenvalue weighted by Gasteiger charge is -2.32. The summed E-state index contributed by atoms with van der Waals surface area (Å²) in [5.74, 6) is 1.79. The molecule has 6 nitrogen and oxygen atoms in total. The van der Waals surface area contributed by atoms with Crippen LogP contribution in [0.1, 0.15) is 30.0 Å². The van der Waals surface area contributed by atoms with E-state index in [9.17, 15) is 4.79 Å². The molecule has 6 heteroatoms. The molecule has 0 bridgehead atoms. The number of fused-ring (bicyclic) bond motifs is 1. The Hall–Kier alpha value is -2.99. The van der Waals surface area contributed by atoms with E-state index in [-0.39, 0.29) is 5.91 Å². The molecule has 1 fully saturated rings. The molecule has 30 heavy (non-hydrogen) atoms. The first-order valence-electron chi connectivity index (χ1n) is 10.4. The monoisotopic (exact) mass is 407 g/mol. The second-order valence-electron chi connectivity index (χ2n) is 7.87. The number of ether oxygens (including phenoxy) is 2. The van der Waals surface area contributed by atoms with Crippen molar-refractivity contribution in [1.29, 1.82) is 0 Å². The third-order valence-corrected chi connectivity index (χ3v) is 5.99. The van der Waals surface area contributed by atoms with Crippen LogP contribution in [0.15, 0.2) is 42.5 Å². The van der Waals surface area contributed by atoms with E-state index in [0.29, 0.717) is 29.6 Å². The van der Waals surface area contributed by atoms with Crippen LogP contribution in [-0.4, -0.2) is 49.6 Å². The minimum Gasteiger partial charge on any atom is -0.497 e. The summed E-state index contributed by atoms with van der Waals surface area (Å²) in [5, 5.41) is 4.29. The molecule has 4 rings (SSSR count). The maximum absolute atomic E-state index is 12.6. The highest BCUT2D eigenvalue weighted by atomic mass is 16.5. The number of hydrogen-bond acceptors (Lipinski definition) is 4. The van der Waals surface area contributed by atoms with Crippen molar-refractivity contribution in [2.75, 3.05) is 39.2 Å². The quantitative estimate of drug-likeness (QED) is 0.639. The van der Waals surface area contributed by atoms with Crippen molar-refractivity contribution >= 4 is 22.5 Å². The zero-order chi connectivity index (χ0) is 21.1. The molecule has 0 aliphatic carbocycles. The zero-order valence-electron chi connectivity index (χ0n) is 17.8. The summed E-state index contributed by atoms with van der Waals surface area (Å²) >= 11 is 0. The lowest BCUT2D eigenvalue weighted by Crippen LogP contribution is -2.38. The summed E-state index contributed by atoms with van der Waals surface area (Å²) in [4.78, 5) is 18.4. The van der Waals surface area contributed by atoms with E-state index in [1.54, 1.807) is 26.4 Å². The van der Waals surface area contributed by atoms with Gasteiger partial charge in [0.25, 0.3) is 0 Å². The van der Waals surface area contributed by atoms with Crippen LogP contribution >= 0.6 is 0 Å². The highest BCUT2D eigenvalue weighted by molar-refractivity contribution is 5.94. The number of aromatic amines is 1. The van der Waals surface area contributed by atoms with Gasteiger partial charge in [-0.2, -0.15) is 0 Å². The Morgan fingerprint density at radius 1 is 1.13 bits per heavy atom. The fourth-order valence-corrected chi connectivity index (χ4v) is 4.51. The van der Waals surface area contributed by atoms with Gasteiger partial charge in [0.15, 0.2) is 0 Å². The fourth-order valence-electron chi connectivity index (χ4n) is 4.51. The number of likely N-dealkylation sites (tertiary alicyclic amines) is 1. The van der Waals surface area contributed by atoms with Gasteiger partial charge in [-0.3, -0.25) is 9.69 Å². The number of methoxy groups -OCH3 is 2. The van der Waals surface area contributed by atoms with Crippen LogP contribution in [0.4, 0.5) is 5.69 Å². The van der Waals surface area contributed by atoms with Crippen LogP contribution in [0.3, 0.4) is 0 Å². The summed E-state index contributed by atoms with van der Waals surface area (Å²) in [6, 6.07) is 13.9. The molecule has 3 aromatic rings. The second-order valence-corrected chi connectivity index (χ2v) is 7.87. The Kier molecular flexibility index (Phi) is 5.95. The van der Waals surface area contributed by atoms with Gasteiger partial charge in [0.2, 0.25) is 5.91 Å². The fraction of sp³-hybridized carbons (Fsp3) is 0.375. The highest BCUT2D eigenvalue weighted by Crippen LogP contribution is 2.35. The summed E-state index contributed by atoms with van der Waals surface area (Å²) in [5.41, 5.74) is 4.54. The Balaban J connectivity index is 1.37. The van der Waals surface area contributed by atoms with Gasteiger partial charge in [-0.15, -0.1) is 0 Å². The number of carbonyl (C=O) groups is 1. The summed E-state index contributed by atoms with van der Waals surface area (Å²) < 4.78 is 10.6. The Morgan fingerprint density at radius 3 is 2.63 bits per heavy atom. The van der Waals surface area contributed by atoms with E-state index in [1.807, 2.05) is 6.07 Å². The molecule has 1 aliphatic heterocycles. The van der Waals surface area contributed by atoms with Crippen molar-refractivity contribution < 1.29 is 14.3 Å². The number of H-pyrrole nitrogens is 1. The van der Waals surface area contributed by atoms with E-state index in [2.05, 4.69) is 46.4 Å². The zero-order valence-corrected chi connectivity index (χ0v) is 17.8. The number of benzene rings is 2. The molecule has 1 amide bonds. The first-order chi connectivity index (χ1) is 14.6. The van der Waals surface area contributed by atoms with Crippen LogP contribution in [0.25, 0.3) is 10.9 Å². The number of piperidine rings is 1. The third kappa shape index (κ3) is 4.14. The molecule has 2 N–H and O–H groups in total. The number of carbonyl (C=O) groups excluding carboxylic acids is 1. The van der Waals surface area contributed by atoms with Gasteiger partial charge in [0.05, 0.1) is 26.5 Å². The van der Waals surface area contributed by atoms with Crippen molar-refractivity contribution in [2.24, 2.45) is 0 Å². The van der Waals surface area contributed by atoms with Crippen LogP contribution in [0, 0.1) is 6.92 Å². The number of aryl methyl sites for hydroxylation is 1. The van der Waals surface area contributed by atoms with Gasteiger partial charge in [0.1, 0.15) is 11.5 Å². The number of amides is 1. The highest BCUT2D eigenvalue weighted by Gasteiger charge is 2.25. The second kappa shape index (κ2) is 8.79. The van der Waals surface area contributed by atoms with Gasteiger partial charge in [-0.25, -0.2) is 0 Å². The largest absolute Gasteiger partial charge is 0.497 e. The first-order valence-corrected chi connectivity index (χ1v) is 10.4. The third-order valence-electron chi connectivity index (χ3n) is 5.99. The minimum absolute atomic E-state index is 0.0386. The number of rotatable bonds is 6. The molecule has 0 saturated carbocycles. The molecule has 0 unspecified atom stereocenters. The lowest BCUT2D eigenvalue weighted by molar-refractivity contribution is -0.117. The lowest BCUT2D eigenvalue weighted by atomic mass is 9.87. The molecule has 1 aromatic heterocycles. The smallest absolute Gasteiger partial charge is 0.238 e. The van der Waals surface area contributed by atoms with Crippen LogP contribution in [0.2, 0.25) is 0 Å². The van der Waals surface area contributed by atoms with Crippen molar-refractivity contribution in [3.63, 3.8) is 0 Å². The Bertz CT molecular complexity index is 1040. The van der Waals surface area contributed by atoms with Crippen molar-refractivity contribution in [3.8, 4) is 11.5 Å². The predicted octanol–water partition coefficient (Wildman–Crippen LogP) is 4.31. The first kappa shape index (κ1) is 20.3. The van der Waals surface area contributed by atoms with Gasteiger partial charge in [0, 0.05) is 22.7 Å². The molecule has 0 atom stereocenters. The van der Waals surface area contributed by atoms with Gasteiger partial charge in [-0.05, 0) is 62.5 Å². The predicted molar refractivity (Wildman–Crippen MR) is 120 cm³/mol. The molecule has 0 radical (unpaired) electrons. The van der Waals surface area contributed by atoms with Crippen LogP contribution < -0.4 is 14.8 Å². The number of nitrogens with one attached hydrogen (secondary N) is 2. The molecule has 2 aromatic carbocycles. The number of aromatic nitrogens is 1. The van der Waals surface area contributed by atoms with E-state index >= 15 is 0 Å². The maximum atomic E-state index is 12.6. The van der Waals surface area contributed by atoms with Gasteiger partial charge in [-0.1, -0.05) is 18.2 Å². The maximum Gasteiger partial charge on any atom is 0.238 e. The van der Waals surface area contributed by atoms with Gasteiger partial charge >= 0.3 is 0 Å². The molecule has 2 heterocycles. The molecule has 1 aliphatic rings. The topological polar surface area (TPSA) is 66.6 Å². The molecular formula is C24H29N3O3. The van der Waals surface area contributed by atoms with Crippen molar-refractivity contribution in [2.45, 2.75) is 25.7 Å². The number of para-hydroxylation sites is 1. The molecule has 0 spiro atoms. The molecule has 1 saturated heterocycles. The van der Waals surface area contributed by atoms with E-state index < -0.39 is 0 Å². The van der Waals surface area contributed by atoms with Crippen molar-refractivity contribution in [1.82, 2.24) is 9.88 Å². The van der Waals surface area contributed by atoms with E-state index in [1.165, 1.54) is 22.2 Å². The van der Waals surface area contributed by atoms with E-state index in [4.69, 9.17) is 9.47 Å². The molecular weight excluding hydrogens is 378 g/mol. The normalized spacial score (nSPS) is 15.3. The summed E-state index contributed by atoms with van der Waals surface area (Å²) in [6.07, 6.45) is 2.11. The molecule has 158 valence electrons.